The number of carbonyl (C=O) groups is 1. The molecule has 2 fully saturated rings. The maximum atomic E-state index is 12.4. The van der Waals surface area contributed by atoms with Gasteiger partial charge in [0, 0.05) is 63.0 Å². The number of nitrogens with zero attached hydrogens (tertiary/aromatic N) is 5. The minimum Gasteiger partial charge on any atom is -0.372 e. The molecule has 4 rings (SSSR count). The van der Waals surface area contributed by atoms with E-state index in [1.165, 1.54) is 24.9 Å². The van der Waals surface area contributed by atoms with Crippen LogP contribution in [0.15, 0.2) is 42.7 Å². The summed E-state index contributed by atoms with van der Waals surface area (Å²) in [4.78, 5) is 27.8. The Morgan fingerprint density at radius 2 is 1.54 bits per heavy atom. The van der Waals surface area contributed by atoms with Gasteiger partial charge in [0.05, 0.1) is 6.54 Å². The lowest BCUT2D eigenvalue weighted by Gasteiger charge is -2.34. The number of piperazine rings is 1. The molecule has 0 radical (unpaired) electrons. The average Bonchev–Trinajstić information content (AvgIpc) is 2.76. The molecular formula is C21H28N6O. The van der Waals surface area contributed by atoms with Crippen LogP contribution in [0, 0.1) is 0 Å². The Labute approximate surface area is 166 Å². The summed E-state index contributed by atoms with van der Waals surface area (Å²) in [5.41, 5.74) is 2.11. The van der Waals surface area contributed by atoms with Crippen LogP contribution in [-0.4, -0.2) is 66.6 Å². The maximum absolute atomic E-state index is 12.4. The lowest BCUT2D eigenvalue weighted by Crippen LogP contribution is -2.49. The smallest absolute Gasteiger partial charge is 0.238 e. The van der Waals surface area contributed by atoms with Gasteiger partial charge in [0.15, 0.2) is 0 Å². The molecule has 1 amide bonds. The third-order valence-electron chi connectivity index (χ3n) is 5.45. The fourth-order valence-corrected chi connectivity index (χ4v) is 3.87. The molecule has 0 saturated carbocycles. The van der Waals surface area contributed by atoms with E-state index in [9.17, 15) is 4.79 Å². The van der Waals surface area contributed by atoms with Crippen LogP contribution >= 0.6 is 0 Å². The van der Waals surface area contributed by atoms with E-state index in [2.05, 4.69) is 42.1 Å². The molecule has 0 unspecified atom stereocenters. The van der Waals surface area contributed by atoms with Gasteiger partial charge < -0.3 is 15.1 Å². The first-order valence-electron chi connectivity index (χ1n) is 10.2. The number of rotatable bonds is 5. The second kappa shape index (κ2) is 9.01. The predicted molar refractivity (Wildman–Crippen MR) is 112 cm³/mol. The Balaban J connectivity index is 1.23. The molecule has 7 heteroatoms. The molecule has 1 N–H and O–H groups in total. The summed E-state index contributed by atoms with van der Waals surface area (Å²) in [7, 11) is 0. The molecule has 0 atom stereocenters. The van der Waals surface area contributed by atoms with Crippen LogP contribution in [0.5, 0.6) is 0 Å². The minimum atomic E-state index is 0.0372. The average molecular weight is 380 g/mol. The van der Waals surface area contributed by atoms with Crippen molar-refractivity contribution in [2.45, 2.75) is 19.3 Å². The highest BCUT2D eigenvalue weighted by atomic mass is 16.2. The van der Waals surface area contributed by atoms with E-state index in [0.717, 1.165) is 50.9 Å². The minimum absolute atomic E-state index is 0.0372. The molecule has 0 bridgehead atoms. The highest BCUT2D eigenvalue weighted by Gasteiger charge is 2.20. The third kappa shape index (κ3) is 4.78. The molecule has 1 aromatic heterocycles. The zero-order valence-corrected chi connectivity index (χ0v) is 16.3. The molecule has 3 heterocycles. The van der Waals surface area contributed by atoms with Gasteiger partial charge in [0.25, 0.3) is 0 Å². The van der Waals surface area contributed by atoms with Crippen molar-refractivity contribution in [3.8, 4) is 0 Å². The van der Waals surface area contributed by atoms with E-state index in [0.29, 0.717) is 6.54 Å². The number of nitrogens with one attached hydrogen (secondary N) is 1. The first-order chi connectivity index (χ1) is 13.8. The lowest BCUT2D eigenvalue weighted by atomic mass is 10.1. The summed E-state index contributed by atoms with van der Waals surface area (Å²) in [6, 6.07) is 10.1. The summed E-state index contributed by atoms with van der Waals surface area (Å²) >= 11 is 0. The van der Waals surface area contributed by atoms with Crippen LogP contribution in [0.3, 0.4) is 0 Å². The standard InChI is InChI=1S/C21H28N6O/c28-20(17-25-13-15-27(16-14-25)21-22-9-4-10-23-21)24-18-5-7-19(8-6-18)26-11-2-1-3-12-26/h4-10H,1-3,11-17H2,(H,24,28). The Bertz CT molecular complexity index is 752. The van der Waals surface area contributed by atoms with Gasteiger partial charge >= 0.3 is 0 Å². The van der Waals surface area contributed by atoms with Crippen molar-refractivity contribution in [3.63, 3.8) is 0 Å². The second-order valence-corrected chi connectivity index (χ2v) is 7.45. The quantitative estimate of drug-likeness (QED) is 0.858. The monoisotopic (exact) mass is 380 g/mol. The van der Waals surface area contributed by atoms with Gasteiger partial charge in [-0.05, 0) is 49.6 Å². The van der Waals surface area contributed by atoms with Gasteiger partial charge in [-0.3, -0.25) is 9.69 Å². The van der Waals surface area contributed by atoms with Crippen LogP contribution in [-0.2, 0) is 4.79 Å². The van der Waals surface area contributed by atoms with Crippen LogP contribution in [0.2, 0.25) is 0 Å². The SMILES string of the molecule is O=C(CN1CCN(c2ncccn2)CC1)Nc1ccc(N2CCCCC2)cc1. The lowest BCUT2D eigenvalue weighted by molar-refractivity contribution is -0.117. The molecule has 0 aliphatic carbocycles. The number of piperidine rings is 1. The molecule has 2 aliphatic rings. The first kappa shape index (κ1) is 18.7. The highest BCUT2D eigenvalue weighted by Crippen LogP contribution is 2.21. The van der Waals surface area contributed by atoms with Gasteiger partial charge in [-0.15, -0.1) is 0 Å². The molecule has 28 heavy (non-hydrogen) atoms. The Morgan fingerprint density at radius 1 is 0.857 bits per heavy atom. The van der Waals surface area contributed by atoms with E-state index in [1.54, 1.807) is 12.4 Å². The van der Waals surface area contributed by atoms with Crippen molar-refractivity contribution in [2.75, 3.05) is 60.9 Å². The Morgan fingerprint density at radius 3 is 2.21 bits per heavy atom. The third-order valence-corrected chi connectivity index (χ3v) is 5.45. The van der Waals surface area contributed by atoms with Crippen molar-refractivity contribution in [3.05, 3.63) is 42.7 Å². The van der Waals surface area contributed by atoms with Gasteiger partial charge in [0.2, 0.25) is 11.9 Å². The number of amides is 1. The van der Waals surface area contributed by atoms with Crippen molar-refractivity contribution < 1.29 is 4.79 Å². The fourth-order valence-electron chi connectivity index (χ4n) is 3.87. The largest absolute Gasteiger partial charge is 0.372 e. The normalized spacial score (nSPS) is 18.1. The van der Waals surface area contributed by atoms with Crippen molar-refractivity contribution in [2.24, 2.45) is 0 Å². The molecule has 0 spiro atoms. The fraction of sp³-hybridized carbons (Fsp3) is 0.476. The van der Waals surface area contributed by atoms with Crippen molar-refractivity contribution in [1.82, 2.24) is 14.9 Å². The number of hydrogen-bond donors (Lipinski definition) is 1. The summed E-state index contributed by atoms with van der Waals surface area (Å²) < 4.78 is 0. The highest BCUT2D eigenvalue weighted by molar-refractivity contribution is 5.92. The zero-order chi connectivity index (χ0) is 19.2. The van der Waals surface area contributed by atoms with E-state index in [-0.39, 0.29) is 5.91 Å². The zero-order valence-electron chi connectivity index (χ0n) is 16.3. The molecule has 7 nitrogen and oxygen atoms in total. The first-order valence-corrected chi connectivity index (χ1v) is 10.2. The van der Waals surface area contributed by atoms with Gasteiger partial charge in [-0.2, -0.15) is 0 Å². The van der Waals surface area contributed by atoms with Gasteiger partial charge in [-0.25, -0.2) is 9.97 Å². The molecule has 2 aliphatic heterocycles. The Kier molecular flexibility index (Phi) is 6.01. The van der Waals surface area contributed by atoms with E-state index < -0.39 is 0 Å². The van der Waals surface area contributed by atoms with Crippen LogP contribution in [0.1, 0.15) is 19.3 Å². The second-order valence-electron chi connectivity index (χ2n) is 7.45. The molecule has 1 aromatic carbocycles. The van der Waals surface area contributed by atoms with Gasteiger partial charge in [-0.1, -0.05) is 0 Å². The van der Waals surface area contributed by atoms with Gasteiger partial charge in [0.1, 0.15) is 0 Å². The summed E-state index contributed by atoms with van der Waals surface area (Å²) in [5, 5.41) is 3.02. The van der Waals surface area contributed by atoms with E-state index >= 15 is 0 Å². The van der Waals surface area contributed by atoms with Crippen LogP contribution in [0.4, 0.5) is 17.3 Å². The van der Waals surface area contributed by atoms with Crippen molar-refractivity contribution >= 4 is 23.2 Å². The summed E-state index contributed by atoms with van der Waals surface area (Å²) in [5.74, 6) is 0.801. The molecule has 2 aromatic rings. The van der Waals surface area contributed by atoms with E-state index in [4.69, 9.17) is 0 Å². The number of benzene rings is 1. The van der Waals surface area contributed by atoms with Crippen LogP contribution < -0.4 is 15.1 Å². The van der Waals surface area contributed by atoms with E-state index in [1.807, 2.05) is 18.2 Å². The van der Waals surface area contributed by atoms with Crippen molar-refractivity contribution in [1.29, 1.82) is 0 Å². The van der Waals surface area contributed by atoms with Crippen LogP contribution in [0.25, 0.3) is 0 Å². The Hall–Kier alpha value is -2.67. The summed E-state index contributed by atoms with van der Waals surface area (Å²) in [6.45, 7) is 6.01. The molecule has 2 saturated heterocycles. The number of hydrogen-bond acceptors (Lipinski definition) is 6. The number of aromatic nitrogens is 2. The summed E-state index contributed by atoms with van der Waals surface area (Å²) in [6.07, 6.45) is 7.39. The number of carbonyl (C=O) groups excluding carboxylic acids is 1. The predicted octanol–water partition coefficient (Wildman–Crippen LogP) is 2.23. The molecule has 148 valence electrons. The molecular weight excluding hydrogens is 352 g/mol. The maximum Gasteiger partial charge on any atom is 0.238 e. The topological polar surface area (TPSA) is 64.6 Å². The number of anilines is 3.